The highest BCUT2D eigenvalue weighted by molar-refractivity contribution is 6.05. The van der Waals surface area contributed by atoms with Gasteiger partial charge in [0.1, 0.15) is 5.52 Å². The first kappa shape index (κ1) is 11.6. The van der Waals surface area contributed by atoms with Crippen LogP contribution in [0.4, 0.5) is 0 Å². The maximum atomic E-state index is 12.3. The topological polar surface area (TPSA) is 83.4 Å². The monoisotopic (exact) mass is 257 g/mol. The number of aromatic nitrogens is 2. The van der Waals surface area contributed by atoms with Gasteiger partial charge in [0.25, 0.3) is 5.91 Å². The number of rotatable bonds is 2. The van der Waals surface area contributed by atoms with E-state index in [1.807, 2.05) is 0 Å². The van der Waals surface area contributed by atoms with Gasteiger partial charge in [0.2, 0.25) is 0 Å². The van der Waals surface area contributed by atoms with Gasteiger partial charge < -0.3 is 10.0 Å². The van der Waals surface area contributed by atoms with Gasteiger partial charge in [-0.05, 0) is 12.1 Å². The molecule has 3 rings (SSSR count). The normalized spacial score (nSPS) is 15.3. The summed E-state index contributed by atoms with van der Waals surface area (Å²) in [4.78, 5) is 32.8. The van der Waals surface area contributed by atoms with Gasteiger partial charge >= 0.3 is 5.97 Å². The number of carbonyl (C=O) groups is 2. The minimum Gasteiger partial charge on any atom is -0.481 e. The fourth-order valence-electron chi connectivity index (χ4n) is 2.14. The Kier molecular flexibility index (Phi) is 2.63. The number of likely N-dealkylation sites (tertiary alicyclic amines) is 1. The van der Waals surface area contributed by atoms with Crippen molar-refractivity contribution in [2.45, 2.75) is 0 Å². The molecule has 0 saturated carbocycles. The fourth-order valence-corrected chi connectivity index (χ4v) is 2.14. The molecule has 0 radical (unpaired) electrons. The van der Waals surface area contributed by atoms with Crippen molar-refractivity contribution >= 4 is 22.9 Å². The first-order valence-corrected chi connectivity index (χ1v) is 5.88. The number of hydrogen-bond donors (Lipinski definition) is 1. The lowest BCUT2D eigenvalue weighted by atomic mass is 9.99. The summed E-state index contributed by atoms with van der Waals surface area (Å²) in [6.45, 7) is 0.510. The molecule has 96 valence electrons. The van der Waals surface area contributed by atoms with Gasteiger partial charge in [-0.1, -0.05) is 6.07 Å². The zero-order chi connectivity index (χ0) is 13.4. The van der Waals surface area contributed by atoms with E-state index in [0.29, 0.717) is 16.6 Å². The Bertz CT molecular complexity index is 660. The van der Waals surface area contributed by atoms with Crippen molar-refractivity contribution in [1.82, 2.24) is 14.9 Å². The number of nitrogens with zero attached hydrogens (tertiary/aromatic N) is 3. The number of aliphatic carboxylic acids is 1. The van der Waals surface area contributed by atoms with Crippen molar-refractivity contribution in [3.05, 3.63) is 36.2 Å². The molecule has 19 heavy (non-hydrogen) atoms. The largest absolute Gasteiger partial charge is 0.481 e. The second kappa shape index (κ2) is 4.31. The number of carboxylic acid groups (broad SMARTS) is 1. The van der Waals surface area contributed by atoms with Gasteiger partial charge in [-0.3, -0.25) is 19.6 Å². The van der Waals surface area contributed by atoms with Gasteiger partial charge in [0.15, 0.2) is 0 Å². The van der Waals surface area contributed by atoms with E-state index in [1.165, 1.54) is 11.1 Å². The predicted molar refractivity (Wildman–Crippen MR) is 66.6 cm³/mol. The van der Waals surface area contributed by atoms with E-state index in [0.717, 1.165) is 0 Å². The van der Waals surface area contributed by atoms with Crippen LogP contribution >= 0.6 is 0 Å². The molecule has 1 saturated heterocycles. The smallest absolute Gasteiger partial charge is 0.310 e. The molecular weight excluding hydrogens is 246 g/mol. The molecule has 0 aliphatic carbocycles. The second-order valence-corrected chi connectivity index (χ2v) is 4.47. The summed E-state index contributed by atoms with van der Waals surface area (Å²) in [6, 6.07) is 5.22. The first-order chi connectivity index (χ1) is 9.16. The lowest BCUT2D eigenvalue weighted by molar-refractivity contribution is -0.146. The lowest BCUT2D eigenvalue weighted by Gasteiger charge is -2.36. The number of amides is 1. The van der Waals surface area contributed by atoms with Crippen LogP contribution in [0.5, 0.6) is 0 Å². The maximum Gasteiger partial charge on any atom is 0.310 e. The second-order valence-electron chi connectivity index (χ2n) is 4.47. The van der Waals surface area contributed by atoms with Crippen LogP contribution in [0.15, 0.2) is 30.6 Å². The van der Waals surface area contributed by atoms with Crippen LogP contribution in [-0.4, -0.2) is 44.9 Å². The van der Waals surface area contributed by atoms with Crippen LogP contribution in [0, 0.1) is 5.92 Å². The predicted octanol–water partition coefficient (Wildman–Crippen LogP) is 0.786. The van der Waals surface area contributed by atoms with Crippen molar-refractivity contribution in [3.8, 4) is 0 Å². The summed E-state index contributed by atoms with van der Waals surface area (Å²) < 4.78 is 0. The maximum absolute atomic E-state index is 12.3. The van der Waals surface area contributed by atoms with Gasteiger partial charge in [-0.15, -0.1) is 0 Å². The highest BCUT2D eigenvalue weighted by Crippen LogP contribution is 2.22. The average molecular weight is 257 g/mol. The van der Waals surface area contributed by atoms with Crippen molar-refractivity contribution in [2.24, 2.45) is 5.92 Å². The molecule has 1 aliphatic heterocycles. The molecule has 6 nitrogen and oxygen atoms in total. The van der Waals surface area contributed by atoms with Gasteiger partial charge in [0.05, 0.1) is 17.0 Å². The van der Waals surface area contributed by atoms with Crippen LogP contribution in [0.1, 0.15) is 10.4 Å². The molecule has 2 heterocycles. The van der Waals surface area contributed by atoms with Crippen LogP contribution < -0.4 is 0 Å². The average Bonchev–Trinajstić information content (AvgIpc) is 2.35. The van der Waals surface area contributed by atoms with E-state index in [9.17, 15) is 9.59 Å². The zero-order valence-electron chi connectivity index (χ0n) is 9.98. The van der Waals surface area contributed by atoms with Crippen LogP contribution in [-0.2, 0) is 4.79 Å². The number of fused-ring (bicyclic) bond motifs is 1. The number of benzene rings is 1. The first-order valence-electron chi connectivity index (χ1n) is 5.88. The van der Waals surface area contributed by atoms with Crippen molar-refractivity contribution in [1.29, 1.82) is 0 Å². The summed E-state index contributed by atoms with van der Waals surface area (Å²) in [7, 11) is 0. The van der Waals surface area contributed by atoms with Crippen LogP contribution in [0.2, 0.25) is 0 Å². The lowest BCUT2D eigenvalue weighted by Crippen LogP contribution is -2.53. The van der Waals surface area contributed by atoms with Gasteiger partial charge in [-0.2, -0.15) is 0 Å². The van der Waals surface area contributed by atoms with E-state index in [2.05, 4.69) is 9.97 Å². The Morgan fingerprint density at radius 2 is 1.95 bits per heavy atom. The highest BCUT2D eigenvalue weighted by atomic mass is 16.4. The molecule has 2 aromatic rings. The van der Waals surface area contributed by atoms with Crippen LogP contribution in [0.3, 0.4) is 0 Å². The zero-order valence-corrected chi connectivity index (χ0v) is 9.98. The number of carbonyl (C=O) groups excluding carboxylic acids is 1. The molecule has 1 amide bonds. The molecular formula is C13H11N3O3. The Morgan fingerprint density at radius 1 is 1.21 bits per heavy atom. The molecule has 0 bridgehead atoms. The Hall–Kier alpha value is -2.50. The highest BCUT2D eigenvalue weighted by Gasteiger charge is 2.36. The Morgan fingerprint density at radius 3 is 2.68 bits per heavy atom. The summed E-state index contributed by atoms with van der Waals surface area (Å²) in [5.41, 5.74) is 1.67. The molecule has 1 fully saturated rings. The number of hydrogen-bond acceptors (Lipinski definition) is 4. The molecule has 1 N–H and O–H groups in total. The molecule has 0 unspecified atom stereocenters. The van der Waals surface area contributed by atoms with Crippen molar-refractivity contribution in [2.75, 3.05) is 13.1 Å². The molecule has 6 heteroatoms. The van der Waals surface area contributed by atoms with E-state index >= 15 is 0 Å². The van der Waals surface area contributed by atoms with E-state index < -0.39 is 11.9 Å². The van der Waals surface area contributed by atoms with Gasteiger partial charge in [-0.25, -0.2) is 0 Å². The number of carboxylic acids is 1. The van der Waals surface area contributed by atoms with Crippen LogP contribution in [0.25, 0.3) is 11.0 Å². The molecule has 1 aliphatic rings. The summed E-state index contributed by atoms with van der Waals surface area (Å²) in [5.74, 6) is -1.50. The minimum absolute atomic E-state index is 0.191. The fraction of sp³-hybridized carbons (Fsp3) is 0.231. The molecule has 1 aromatic heterocycles. The third-order valence-electron chi connectivity index (χ3n) is 3.25. The molecule has 1 aromatic carbocycles. The SMILES string of the molecule is O=C(O)C1CN(C(=O)c2cccc3nccnc23)C1. The summed E-state index contributed by atoms with van der Waals surface area (Å²) in [6.07, 6.45) is 3.11. The molecule has 0 atom stereocenters. The number of para-hydroxylation sites is 1. The summed E-state index contributed by atoms with van der Waals surface area (Å²) in [5, 5.41) is 8.81. The molecule has 0 spiro atoms. The van der Waals surface area contributed by atoms with Crippen molar-refractivity contribution in [3.63, 3.8) is 0 Å². The third kappa shape index (κ3) is 1.91. The van der Waals surface area contributed by atoms with E-state index in [1.54, 1.807) is 24.4 Å². The van der Waals surface area contributed by atoms with Gasteiger partial charge in [0, 0.05) is 25.5 Å². The van der Waals surface area contributed by atoms with E-state index in [-0.39, 0.29) is 19.0 Å². The summed E-state index contributed by atoms with van der Waals surface area (Å²) >= 11 is 0. The quantitative estimate of drug-likeness (QED) is 0.859. The van der Waals surface area contributed by atoms with E-state index in [4.69, 9.17) is 5.11 Å². The Balaban J connectivity index is 1.89. The third-order valence-corrected chi connectivity index (χ3v) is 3.25. The standard InChI is InChI=1S/C13H11N3O3/c17-12(16-6-8(7-16)13(18)19)9-2-1-3-10-11(9)15-5-4-14-10/h1-5,8H,6-7H2,(H,18,19). The Labute approximate surface area is 108 Å². The van der Waals surface area contributed by atoms with Crippen molar-refractivity contribution < 1.29 is 14.7 Å². The minimum atomic E-state index is -0.859.